The molecule has 2 unspecified atom stereocenters. The van der Waals surface area contributed by atoms with Crippen molar-refractivity contribution in [3.63, 3.8) is 0 Å². The smallest absolute Gasteiger partial charge is 0.251 e. The Hall–Kier alpha value is -3.88. The second-order valence-electron chi connectivity index (χ2n) is 10.5. The number of halogens is 1. The molecule has 1 saturated carbocycles. The number of para-hydroxylation sites is 1. The maximum absolute atomic E-state index is 13.0. The molecule has 0 saturated heterocycles. The van der Waals surface area contributed by atoms with Gasteiger partial charge in [0.2, 0.25) is 5.95 Å². The number of rotatable bonds is 10. The highest BCUT2D eigenvalue weighted by molar-refractivity contribution is 6.33. The summed E-state index contributed by atoms with van der Waals surface area (Å²) in [5.74, 6) is 0.494. The highest BCUT2D eigenvalue weighted by Crippen LogP contribution is 2.32. The van der Waals surface area contributed by atoms with E-state index in [9.17, 15) is 4.79 Å². The van der Waals surface area contributed by atoms with Crippen molar-refractivity contribution in [1.29, 1.82) is 0 Å². The maximum Gasteiger partial charge on any atom is 0.251 e. The van der Waals surface area contributed by atoms with Crippen LogP contribution in [0.4, 0.5) is 11.6 Å². The number of amides is 1. The minimum atomic E-state index is -0.0487. The van der Waals surface area contributed by atoms with Crippen molar-refractivity contribution in [3.05, 3.63) is 83.7 Å². The van der Waals surface area contributed by atoms with Gasteiger partial charge in [-0.3, -0.25) is 4.79 Å². The summed E-state index contributed by atoms with van der Waals surface area (Å²) < 4.78 is 0. The minimum Gasteiger partial charge on any atom is -0.382 e. The fourth-order valence-electron chi connectivity index (χ4n) is 5.08. The summed E-state index contributed by atoms with van der Waals surface area (Å²) in [5.41, 5.74) is 4.32. The highest BCUT2D eigenvalue weighted by Gasteiger charge is 2.25. The molecular weight excluding hydrogens is 522 g/mol. The molecule has 208 valence electrons. The van der Waals surface area contributed by atoms with Crippen molar-refractivity contribution < 1.29 is 4.79 Å². The van der Waals surface area contributed by atoms with E-state index >= 15 is 0 Å². The van der Waals surface area contributed by atoms with Crippen LogP contribution in [-0.4, -0.2) is 65.0 Å². The quantitative estimate of drug-likeness (QED) is 0.180. The zero-order valence-electron chi connectivity index (χ0n) is 23.0. The van der Waals surface area contributed by atoms with Crippen molar-refractivity contribution >= 4 is 40.0 Å². The van der Waals surface area contributed by atoms with Crippen LogP contribution in [-0.2, 0) is 0 Å². The molecule has 0 aliphatic heterocycles. The fraction of sp³-hybridized carbons (Fsp3) is 0.323. The first kappa shape index (κ1) is 27.7. The van der Waals surface area contributed by atoms with E-state index in [0.29, 0.717) is 22.2 Å². The van der Waals surface area contributed by atoms with Gasteiger partial charge in [0.05, 0.1) is 16.9 Å². The maximum atomic E-state index is 13.0. The molecule has 9 heteroatoms. The van der Waals surface area contributed by atoms with Crippen LogP contribution < -0.4 is 16.0 Å². The number of nitrogens with zero attached hydrogens (tertiary/aromatic N) is 3. The molecule has 1 fully saturated rings. The molecule has 8 nitrogen and oxygen atoms in total. The third kappa shape index (κ3) is 7.00. The molecule has 4 N–H and O–H groups in total. The molecule has 1 amide bonds. The Bertz CT molecular complexity index is 1460. The van der Waals surface area contributed by atoms with Gasteiger partial charge >= 0.3 is 0 Å². The second-order valence-corrected chi connectivity index (χ2v) is 10.9. The van der Waals surface area contributed by atoms with E-state index in [1.807, 2.05) is 62.8 Å². The number of benzene rings is 2. The van der Waals surface area contributed by atoms with Crippen LogP contribution in [0.3, 0.4) is 0 Å². The number of nitrogens with one attached hydrogen (secondary N) is 4. The Morgan fingerprint density at radius 1 is 1.10 bits per heavy atom. The first-order valence-electron chi connectivity index (χ1n) is 13.8. The molecule has 2 aromatic carbocycles. The van der Waals surface area contributed by atoms with Gasteiger partial charge < -0.3 is 25.8 Å². The zero-order chi connectivity index (χ0) is 27.9. The Labute approximate surface area is 240 Å². The molecule has 5 rings (SSSR count). The number of carbonyl (C=O) groups is 1. The lowest BCUT2D eigenvalue weighted by atomic mass is 9.91. The summed E-state index contributed by atoms with van der Waals surface area (Å²) in [6, 6.07) is 15.9. The minimum absolute atomic E-state index is 0.0487. The van der Waals surface area contributed by atoms with Crippen LogP contribution in [0.1, 0.15) is 36.0 Å². The van der Waals surface area contributed by atoms with Gasteiger partial charge in [0.1, 0.15) is 0 Å². The topological polar surface area (TPSA) is 98.0 Å². The van der Waals surface area contributed by atoms with E-state index in [1.54, 1.807) is 6.20 Å². The standard InChI is InChI=1S/C31H36ClN7O/c1-39(2)17-6-5-16-33-22-14-12-21(13-15-22)30(40)36-23-8-7-9-24(18-23)37-31-35-20-27(32)29(38-31)26-19-34-28-11-4-3-10-25(26)28/h3-6,10-15,19-20,23-24,33-34H,7-9,16-18H2,1-2H3,(H,36,40)(H,35,37,38)/b6-5+. The van der Waals surface area contributed by atoms with Crippen molar-refractivity contribution in [3.8, 4) is 11.3 Å². The second kappa shape index (κ2) is 13.0. The van der Waals surface area contributed by atoms with E-state index < -0.39 is 0 Å². The molecule has 4 aromatic rings. The number of aromatic nitrogens is 3. The van der Waals surface area contributed by atoms with Gasteiger partial charge in [-0.05, 0) is 70.1 Å². The normalized spacial score (nSPS) is 17.4. The lowest BCUT2D eigenvalue weighted by Gasteiger charge is -2.30. The van der Waals surface area contributed by atoms with Gasteiger partial charge in [-0.2, -0.15) is 0 Å². The van der Waals surface area contributed by atoms with E-state index in [-0.39, 0.29) is 18.0 Å². The average Bonchev–Trinajstić information content (AvgIpc) is 3.38. The molecule has 0 radical (unpaired) electrons. The summed E-state index contributed by atoms with van der Waals surface area (Å²) in [6.07, 6.45) is 11.6. The van der Waals surface area contributed by atoms with Crippen LogP contribution >= 0.6 is 11.6 Å². The number of hydrogen-bond donors (Lipinski definition) is 4. The Kier molecular flexibility index (Phi) is 8.98. The molecule has 1 aliphatic carbocycles. The number of fused-ring (bicyclic) bond motifs is 1. The Morgan fingerprint density at radius 3 is 2.73 bits per heavy atom. The van der Waals surface area contributed by atoms with Crippen LogP contribution in [0.2, 0.25) is 5.02 Å². The fourth-order valence-corrected chi connectivity index (χ4v) is 5.27. The SMILES string of the molecule is CN(C)C/C=C/CNc1ccc(C(=O)NC2CCCC(Nc3ncc(Cl)c(-c4c[nH]c5ccccc45)n3)C2)cc1. The van der Waals surface area contributed by atoms with Gasteiger partial charge in [0, 0.05) is 59.1 Å². The van der Waals surface area contributed by atoms with Crippen molar-refractivity contribution in [2.75, 3.05) is 37.8 Å². The molecule has 0 spiro atoms. The van der Waals surface area contributed by atoms with Gasteiger partial charge in [-0.15, -0.1) is 0 Å². The largest absolute Gasteiger partial charge is 0.382 e. The lowest BCUT2D eigenvalue weighted by molar-refractivity contribution is 0.0926. The Balaban J connectivity index is 1.16. The number of likely N-dealkylation sites (N-methyl/N-ethyl adjacent to an activating group) is 1. The number of H-pyrrole nitrogens is 1. The van der Waals surface area contributed by atoms with Crippen LogP contribution in [0.15, 0.2) is 73.1 Å². The van der Waals surface area contributed by atoms with Crippen molar-refractivity contribution in [1.82, 2.24) is 25.2 Å². The van der Waals surface area contributed by atoms with Crippen molar-refractivity contribution in [2.45, 2.75) is 37.8 Å². The summed E-state index contributed by atoms with van der Waals surface area (Å²) in [4.78, 5) is 27.6. The Morgan fingerprint density at radius 2 is 1.90 bits per heavy atom. The summed E-state index contributed by atoms with van der Waals surface area (Å²) >= 11 is 6.50. The number of carbonyl (C=O) groups excluding carboxylic acids is 1. The van der Waals surface area contributed by atoms with Crippen molar-refractivity contribution in [2.24, 2.45) is 0 Å². The number of aromatic amines is 1. The number of anilines is 2. The molecule has 0 bridgehead atoms. The zero-order valence-corrected chi connectivity index (χ0v) is 23.7. The summed E-state index contributed by atoms with van der Waals surface area (Å²) in [5, 5.41) is 11.6. The van der Waals surface area contributed by atoms with Gasteiger partial charge in [0.15, 0.2) is 0 Å². The molecular formula is C31H36ClN7O. The lowest BCUT2D eigenvalue weighted by Crippen LogP contribution is -2.42. The van der Waals surface area contributed by atoms with Crippen LogP contribution in [0, 0.1) is 0 Å². The van der Waals surface area contributed by atoms with Gasteiger partial charge in [-0.1, -0.05) is 42.0 Å². The van der Waals surface area contributed by atoms with E-state index in [1.165, 1.54) is 0 Å². The first-order chi connectivity index (χ1) is 19.5. The van der Waals surface area contributed by atoms with E-state index in [2.05, 4.69) is 49.0 Å². The highest BCUT2D eigenvalue weighted by atomic mass is 35.5. The average molecular weight is 558 g/mol. The molecule has 40 heavy (non-hydrogen) atoms. The predicted octanol–water partition coefficient (Wildman–Crippen LogP) is 5.96. The van der Waals surface area contributed by atoms with Gasteiger partial charge in [-0.25, -0.2) is 9.97 Å². The van der Waals surface area contributed by atoms with Gasteiger partial charge in [0.25, 0.3) is 5.91 Å². The van der Waals surface area contributed by atoms with Crippen LogP contribution in [0.5, 0.6) is 0 Å². The molecule has 2 aromatic heterocycles. The van der Waals surface area contributed by atoms with Crippen LogP contribution in [0.25, 0.3) is 22.2 Å². The number of hydrogen-bond acceptors (Lipinski definition) is 6. The van der Waals surface area contributed by atoms with E-state index in [4.69, 9.17) is 16.6 Å². The molecule has 2 atom stereocenters. The monoisotopic (exact) mass is 557 g/mol. The predicted molar refractivity (Wildman–Crippen MR) is 164 cm³/mol. The summed E-state index contributed by atoms with van der Waals surface area (Å²) in [7, 11) is 4.09. The third-order valence-electron chi connectivity index (χ3n) is 7.14. The molecule has 1 aliphatic rings. The third-order valence-corrected chi connectivity index (χ3v) is 7.42. The summed E-state index contributed by atoms with van der Waals surface area (Å²) in [6.45, 7) is 1.66. The first-order valence-corrected chi connectivity index (χ1v) is 14.1. The van der Waals surface area contributed by atoms with E-state index in [0.717, 1.165) is 60.9 Å². The molecule has 2 heterocycles.